The van der Waals surface area contributed by atoms with Gasteiger partial charge < -0.3 is 9.80 Å². The molecule has 2 aromatic rings. The Morgan fingerprint density at radius 2 is 2.12 bits per heavy atom. The maximum atomic E-state index is 12.9. The summed E-state index contributed by atoms with van der Waals surface area (Å²) >= 11 is 0. The standard InChI is InChI=1S/C21H27N3O/c1-3-19-8-4-5-9-20(19)21(25)24-12-10-18(16-24)15-23(2)14-17-7-6-11-22-13-17/h4-9,11,13,18H,3,10,12,14-16H2,1-2H3. The Kier molecular flexibility index (Phi) is 5.82. The van der Waals surface area contributed by atoms with Gasteiger partial charge in [0.05, 0.1) is 0 Å². The Bertz CT molecular complexity index is 701. The Hall–Kier alpha value is -2.20. The fraction of sp³-hybridized carbons (Fsp3) is 0.429. The molecular formula is C21H27N3O. The van der Waals surface area contributed by atoms with E-state index in [0.29, 0.717) is 5.92 Å². The van der Waals surface area contributed by atoms with Crippen molar-refractivity contribution in [1.29, 1.82) is 0 Å². The predicted molar refractivity (Wildman–Crippen MR) is 100 cm³/mol. The van der Waals surface area contributed by atoms with E-state index in [-0.39, 0.29) is 5.91 Å². The molecule has 1 aliphatic rings. The Morgan fingerprint density at radius 3 is 2.88 bits per heavy atom. The number of aryl methyl sites for hydroxylation is 1. The Morgan fingerprint density at radius 1 is 1.28 bits per heavy atom. The molecule has 0 N–H and O–H groups in total. The van der Waals surface area contributed by atoms with Gasteiger partial charge in [0.15, 0.2) is 0 Å². The molecule has 4 heteroatoms. The number of nitrogens with zero attached hydrogens (tertiary/aromatic N) is 3. The van der Waals surface area contributed by atoms with Gasteiger partial charge in [-0.25, -0.2) is 0 Å². The van der Waals surface area contributed by atoms with Crippen molar-refractivity contribution in [2.75, 3.05) is 26.7 Å². The fourth-order valence-electron chi connectivity index (χ4n) is 3.68. The number of likely N-dealkylation sites (tertiary alicyclic amines) is 1. The average Bonchev–Trinajstić information content (AvgIpc) is 3.10. The average molecular weight is 337 g/mol. The number of rotatable bonds is 6. The van der Waals surface area contributed by atoms with Crippen molar-refractivity contribution in [3.8, 4) is 0 Å². The highest BCUT2D eigenvalue weighted by Gasteiger charge is 2.28. The SMILES string of the molecule is CCc1ccccc1C(=O)N1CCC(CN(C)Cc2cccnc2)C1. The molecule has 0 bridgehead atoms. The largest absolute Gasteiger partial charge is 0.338 e. The molecule has 1 atom stereocenters. The molecule has 0 radical (unpaired) electrons. The third-order valence-electron chi connectivity index (χ3n) is 4.95. The molecule has 3 rings (SSSR count). The summed E-state index contributed by atoms with van der Waals surface area (Å²) in [6, 6.07) is 12.1. The quantitative estimate of drug-likeness (QED) is 0.812. The number of benzene rings is 1. The van der Waals surface area contributed by atoms with Crippen molar-refractivity contribution >= 4 is 5.91 Å². The van der Waals surface area contributed by atoms with Crippen LogP contribution < -0.4 is 0 Å². The zero-order valence-electron chi connectivity index (χ0n) is 15.2. The first-order valence-corrected chi connectivity index (χ1v) is 9.12. The maximum Gasteiger partial charge on any atom is 0.254 e. The minimum Gasteiger partial charge on any atom is -0.338 e. The lowest BCUT2D eigenvalue weighted by atomic mass is 10.0. The highest BCUT2D eigenvalue weighted by Crippen LogP contribution is 2.21. The van der Waals surface area contributed by atoms with Gasteiger partial charge >= 0.3 is 0 Å². The second-order valence-corrected chi connectivity index (χ2v) is 6.97. The first-order chi connectivity index (χ1) is 12.2. The van der Waals surface area contributed by atoms with Crippen LogP contribution >= 0.6 is 0 Å². The number of aromatic nitrogens is 1. The number of pyridine rings is 1. The van der Waals surface area contributed by atoms with Gasteiger partial charge in [0.1, 0.15) is 0 Å². The minimum atomic E-state index is 0.190. The summed E-state index contributed by atoms with van der Waals surface area (Å²) in [4.78, 5) is 21.4. The van der Waals surface area contributed by atoms with E-state index in [2.05, 4.69) is 36.0 Å². The van der Waals surface area contributed by atoms with Crippen molar-refractivity contribution in [3.05, 3.63) is 65.5 Å². The molecule has 4 nitrogen and oxygen atoms in total. The van der Waals surface area contributed by atoms with Crippen LogP contribution in [0.3, 0.4) is 0 Å². The molecule has 1 aromatic carbocycles. The highest BCUT2D eigenvalue weighted by atomic mass is 16.2. The molecule has 2 heterocycles. The van der Waals surface area contributed by atoms with E-state index >= 15 is 0 Å². The Balaban J connectivity index is 1.55. The fourth-order valence-corrected chi connectivity index (χ4v) is 3.68. The molecule has 1 amide bonds. The van der Waals surface area contributed by atoms with Crippen molar-refractivity contribution in [2.45, 2.75) is 26.3 Å². The third kappa shape index (κ3) is 4.45. The number of hydrogen-bond acceptors (Lipinski definition) is 3. The van der Waals surface area contributed by atoms with Gasteiger partial charge in [-0.2, -0.15) is 0 Å². The van der Waals surface area contributed by atoms with Crippen molar-refractivity contribution in [3.63, 3.8) is 0 Å². The maximum absolute atomic E-state index is 12.9. The second kappa shape index (κ2) is 8.26. The van der Waals surface area contributed by atoms with Crippen LogP contribution in [-0.4, -0.2) is 47.4 Å². The van der Waals surface area contributed by atoms with Gasteiger partial charge in [0.25, 0.3) is 5.91 Å². The van der Waals surface area contributed by atoms with Gasteiger partial charge in [0, 0.05) is 44.1 Å². The summed E-state index contributed by atoms with van der Waals surface area (Å²) in [6.45, 7) is 5.73. The second-order valence-electron chi connectivity index (χ2n) is 6.97. The van der Waals surface area contributed by atoms with E-state index in [0.717, 1.165) is 50.1 Å². The molecule has 25 heavy (non-hydrogen) atoms. The molecule has 0 saturated carbocycles. The summed E-state index contributed by atoms with van der Waals surface area (Å²) in [5.41, 5.74) is 3.24. The lowest BCUT2D eigenvalue weighted by molar-refractivity contribution is 0.0783. The summed E-state index contributed by atoms with van der Waals surface area (Å²) in [6.07, 6.45) is 5.70. The van der Waals surface area contributed by atoms with Crippen LogP contribution in [-0.2, 0) is 13.0 Å². The number of hydrogen-bond donors (Lipinski definition) is 0. The highest BCUT2D eigenvalue weighted by molar-refractivity contribution is 5.95. The monoisotopic (exact) mass is 337 g/mol. The van der Waals surface area contributed by atoms with Gasteiger partial charge in [-0.1, -0.05) is 31.2 Å². The van der Waals surface area contributed by atoms with E-state index in [1.807, 2.05) is 35.4 Å². The van der Waals surface area contributed by atoms with E-state index in [9.17, 15) is 4.79 Å². The number of amides is 1. The Labute approximate surface area is 150 Å². The molecule has 0 aliphatic carbocycles. The topological polar surface area (TPSA) is 36.4 Å². The van der Waals surface area contributed by atoms with Gasteiger partial charge in [-0.3, -0.25) is 9.78 Å². The normalized spacial score (nSPS) is 17.2. The van der Waals surface area contributed by atoms with Crippen LogP contribution in [0.15, 0.2) is 48.8 Å². The minimum absolute atomic E-state index is 0.190. The van der Waals surface area contributed by atoms with E-state index in [4.69, 9.17) is 0 Å². The third-order valence-corrected chi connectivity index (χ3v) is 4.95. The zero-order valence-corrected chi connectivity index (χ0v) is 15.2. The zero-order chi connectivity index (χ0) is 17.6. The number of carbonyl (C=O) groups excluding carboxylic acids is 1. The van der Waals surface area contributed by atoms with Crippen LogP contribution in [0.25, 0.3) is 0 Å². The summed E-state index contributed by atoms with van der Waals surface area (Å²) in [5, 5.41) is 0. The summed E-state index contributed by atoms with van der Waals surface area (Å²) in [7, 11) is 2.14. The van der Waals surface area contributed by atoms with Gasteiger partial charge in [0.2, 0.25) is 0 Å². The van der Waals surface area contributed by atoms with Crippen LogP contribution in [0.2, 0.25) is 0 Å². The van der Waals surface area contributed by atoms with Crippen molar-refractivity contribution in [2.24, 2.45) is 5.92 Å². The molecule has 1 unspecified atom stereocenters. The van der Waals surface area contributed by atoms with Crippen LogP contribution in [0.5, 0.6) is 0 Å². The molecule has 1 aromatic heterocycles. The molecule has 1 fully saturated rings. The van der Waals surface area contributed by atoms with Crippen molar-refractivity contribution in [1.82, 2.24) is 14.8 Å². The first-order valence-electron chi connectivity index (χ1n) is 9.12. The molecular weight excluding hydrogens is 310 g/mol. The smallest absolute Gasteiger partial charge is 0.254 e. The van der Waals surface area contributed by atoms with Crippen molar-refractivity contribution < 1.29 is 4.79 Å². The summed E-state index contributed by atoms with van der Waals surface area (Å²) < 4.78 is 0. The summed E-state index contributed by atoms with van der Waals surface area (Å²) in [5.74, 6) is 0.731. The molecule has 0 spiro atoms. The van der Waals surface area contributed by atoms with E-state index in [1.54, 1.807) is 6.20 Å². The van der Waals surface area contributed by atoms with Gasteiger partial charge in [-0.05, 0) is 49.1 Å². The van der Waals surface area contributed by atoms with E-state index in [1.165, 1.54) is 5.56 Å². The van der Waals surface area contributed by atoms with Gasteiger partial charge in [-0.15, -0.1) is 0 Å². The van der Waals surface area contributed by atoms with Crippen LogP contribution in [0.1, 0.15) is 34.8 Å². The number of carbonyl (C=O) groups is 1. The lowest BCUT2D eigenvalue weighted by Crippen LogP contribution is -2.32. The lowest BCUT2D eigenvalue weighted by Gasteiger charge is -2.22. The van der Waals surface area contributed by atoms with E-state index < -0.39 is 0 Å². The predicted octanol–water partition coefficient (Wildman–Crippen LogP) is 3.24. The van der Waals surface area contributed by atoms with Crippen LogP contribution in [0, 0.1) is 5.92 Å². The van der Waals surface area contributed by atoms with Crippen LogP contribution in [0.4, 0.5) is 0 Å². The molecule has 132 valence electrons. The molecule has 1 saturated heterocycles. The molecule has 1 aliphatic heterocycles. The first kappa shape index (κ1) is 17.6.